The first-order chi connectivity index (χ1) is 15.0. The molecule has 0 radical (unpaired) electrons. The van der Waals surface area contributed by atoms with Crippen molar-refractivity contribution < 1.29 is 22.7 Å². The topological polar surface area (TPSA) is 96.0 Å². The lowest BCUT2D eigenvalue weighted by Crippen LogP contribution is -2.41. The van der Waals surface area contributed by atoms with Gasteiger partial charge in [-0.1, -0.05) is 12.1 Å². The standard InChI is InChI=1S/C22H25N3O5S/c26-21(17-7-9-18(10-8-17)31(28,29)25-11-3-4-12-25)23-20-6-2-1-5-19(20)22(27)24-13-15-30-16-14-24/h1-2,5-10H,3-4,11-16H2,(H,23,26). The highest BCUT2D eigenvalue weighted by atomic mass is 32.2. The fraction of sp³-hybridized carbons (Fsp3) is 0.364. The molecule has 0 atom stereocenters. The Morgan fingerprint density at radius 2 is 1.52 bits per heavy atom. The molecule has 0 spiro atoms. The van der Waals surface area contributed by atoms with Gasteiger partial charge in [0, 0.05) is 31.7 Å². The molecule has 0 unspecified atom stereocenters. The second kappa shape index (κ2) is 9.17. The smallest absolute Gasteiger partial charge is 0.256 e. The third-order valence-corrected chi connectivity index (χ3v) is 7.44. The van der Waals surface area contributed by atoms with Gasteiger partial charge in [0.05, 0.1) is 29.4 Å². The van der Waals surface area contributed by atoms with Gasteiger partial charge < -0.3 is 15.0 Å². The number of benzene rings is 2. The zero-order valence-electron chi connectivity index (χ0n) is 17.1. The lowest BCUT2D eigenvalue weighted by atomic mass is 10.1. The second-order valence-electron chi connectivity index (χ2n) is 7.54. The highest BCUT2D eigenvalue weighted by Gasteiger charge is 2.27. The summed E-state index contributed by atoms with van der Waals surface area (Å²) in [7, 11) is -3.53. The molecule has 2 aromatic carbocycles. The number of rotatable bonds is 5. The summed E-state index contributed by atoms with van der Waals surface area (Å²) in [4.78, 5) is 27.5. The number of hydrogen-bond donors (Lipinski definition) is 1. The molecule has 2 amide bonds. The van der Waals surface area contributed by atoms with Gasteiger partial charge in [-0.2, -0.15) is 4.31 Å². The molecular weight excluding hydrogens is 418 g/mol. The number of para-hydroxylation sites is 1. The van der Waals surface area contributed by atoms with Gasteiger partial charge in [0.2, 0.25) is 10.0 Å². The van der Waals surface area contributed by atoms with Crippen LogP contribution in [0.5, 0.6) is 0 Å². The maximum Gasteiger partial charge on any atom is 0.256 e. The van der Waals surface area contributed by atoms with E-state index in [1.165, 1.54) is 28.6 Å². The Kier molecular flexibility index (Phi) is 6.35. The number of carbonyl (C=O) groups excluding carboxylic acids is 2. The van der Waals surface area contributed by atoms with Crippen LogP contribution in [0.3, 0.4) is 0 Å². The number of ether oxygens (including phenoxy) is 1. The van der Waals surface area contributed by atoms with Gasteiger partial charge in [-0.25, -0.2) is 8.42 Å². The van der Waals surface area contributed by atoms with Crippen molar-refractivity contribution in [3.05, 3.63) is 59.7 Å². The minimum absolute atomic E-state index is 0.161. The SMILES string of the molecule is O=C(Nc1ccccc1C(=O)N1CCOCC1)c1ccc(S(=O)(=O)N2CCCC2)cc1. The Morgan fingerprint density at radius 1 is 0.871 bits per heavy atom. The Hall–Kier alpha value is -2.75. The van der Waals surface area contributed by atoms with Crippen LogP contribution in [0.1, 0.15) is 33.6 Å². The molecule has 0 bridgehead atoms. The van der Waals surface area contributed by atoms with Gasteiger partial charge >= 0.3 is 0 Å². The molecule has 2 aliphatic rings. The molecule has 0 aromatic heterocycles. The van der Waals surface area contributed by atoms with Gasteiger partial charge in [0.25, 0.3) is 11.8 Å². The highest BCUT2D eigenvalue weighted by molar-refractivity contribution is 7.89. The summed E-state index contributed by atoms with van der Waals surface area (Å²) in [5.74, 6) is -0.571. The van der Waals surface area contributed by atoms with Gasteiger partial charge in [-0.05, 0) is 49.2 Å². The number of nitrogens with zero attached hydrogens (tertiary/aromatic N) is 2. The maximum atomic E-state index is 12.9. The fourth-order valence-corrected chi connectivity index (χ4v) is 5.28. The monoisotopic (exact) mass is 443 g/mol. The summed E-state index contributed by atoms with van der Waals surface area (Å²) >= 11 is 0. The summed E-state index contributed by atoms with van der Waals surface area (Å²) in [5.41, 5.74) is 1.14. The van der Waals surface area contributed by atoms with Crippen molar-refractivity contribution >= 4 is 27.5 Å². The molecule has 9 heteroatoms. The summed E-state index contributed by atoms with van der Waals surface area (Å²) in [6, 6.07) is 12.7. The van der Waals surface area contributed by atoms with E-state index < -0.39 is 15.9 Å². The molecule has 2 aromatic rings. The van der Waals surface area contributed by atoms with Crippen molar-refractivity contribution in [1.82, 2.24) is 9.21 Å². The van der Waals surface area contributed by atoms with E-state index in [0.717, 1.165) is 12.8 Å². The van der Waals surface area contributed by atoms with E-state index in [-0.39, 0.29) is 10.8 Å². The molecule has 2 heterocycles. The minimum Gasteiger partial charge on any atom is -0.378 e. The Bertz CT molecular complexity index is 1060. The van der Waals surface area contributed by atoms with Crippen LogP contribution in [0.25, 0.3) is 0 Å². The number of amides is 2. The van der Waals surface area contributed by atoms with E-state index in [0.29, 0.717) is 56.2 Å². The maximum absolute atomic E-state index is 12.9. The first-order valence-corrected chi connectivity index (χ1v) is 11.8. The van der Waals surface area contributed by atoms with Crippen LogP contribution in [0.2, 0.25) is 0 Å². The fourth-order valence-electron chi connectivity index (χ4n) is 3.77. The molecule has 4 rings (SSSR count). The van der Waals surface area contributed by atoms with E-state index in [9.17, 15) is 18.0 Å². The Morgan fingerprint density at radius 3 is 2.19 bits per heavy atom. The molecule has 2 aliphatic heterocycles. The van der Waals surface area contributed by atoms with Crippen LogP contribution in [0, 0.1) is 0 Å². The number of morpholine rings is 1. The lowest BCUT2D eigenvalue weighted by molar-refractivity contribution is 0.0303. The van der Waals surface area contributed by atoms with Crippen LogP contribution in [-0.4, -0.2) is 68.8 Å². The summed E-state index contributed by atoms with van der Waals surface area (Å²) in [5, 5.41) is 2.78. The average Bonchev–Trinajstić information content (AvgIpc) is 3.36. The van der Waals surface area contributed by atoms with E-state index in [2.05, 4.69) is 5.32 Å². The minimum atomic E-state index is -3.53. The van der Waals surface area contributed by atoms with Gasteiger partial charge in [0.15, 0.2) is 0 Å². The second-order valence-corrected chi connectivity index (χ2v) is 9.48. The zero-order chi connectivity index (χ0) is 21.8. The van der Waals surface area contributed by atoms with Crippen LogP contribution < -0.4 is 5.32 Å². The van der Waals surface area contributed by atoms with Gasteiger partial charge in [-0.3, -0.25) is 9.59 Å². The van der Waals surface area contributed by atoms with E-state index in [1.807, 2.05) is 0 Å². The molecule has 2 saturated heterocycles. The number of hydrogen-bond acceptors (Lipinski definition) is 5. The number of sulfonamides is 1. The summed E-state index contributed by atoms with van der Waals surface area (Å²) in [6.45, 7) is 3.05. The van der Waals surface area contributed by atoms with E-state index in [1.54, 1.807) is 29.2 Å². The van der Waals surface area contributed by atoms with Crippen molar-refractivity contribution in [3.8, 4) is 0 Å². The van der Waals surface area contributed by atoms with Gasteiger partial charge in [0.1, 0.15) is 0 Å². The average molecular weight is 444 g/mol. The number of nitrogens with one attached hydrogen (secondary N) is 1. The normalized spacial score (nSPS) is 17.5. The van der Waals surface area contributed by atoms with Crippen molar-refractivity contribution in [2.45, 2.75) is 17.7 Å². The molecule has 1 N–H and O–H groups in total. The summed E-state index contributed by atoms with van der Waals surface area (Å²) in [6.07, 6.45) is 1.73. The van der Waals surface area contributed by atoms with Crippen molar-refractivity contribution in [2.75, 3.05) is 44.7 Å². The third-order valence-electron chi connectivity index (χ3n) is 5.52. The van der Waals surface area contributed by atoms with Gasteiger partial charge in [-0.15, -0.1) is 0 Å². The molecule has 164 valence electrons. The molecular formula is C22H25N3O5S. The van der Waals surface area contributed by atoms with Crippen LogP contribution >= 0.6 is 0 Å². The quantitative estimate of drug-likeness (QED) is 0.764. The molecule has 31 heavy (non-hydrogen) atoms. The molecule has 2 fully saturated rings. The van der Waals surface area contributed by atoms with Crippen molar-refractivity contribution in [1.29, 1.82) is 0 Å². The molecule has 8 nitrogen and oxygen atoms in total. The largest absolute Gasteiger partial charge is 0.378 e. The van der Waals surface area contributed by atoms with Crippen LogP contribution in [-0.2, 0) is 14.8 Å². The van der Waals surface area contributed by atoms with E-state index >= 15 is 0 Å². The third kappa shape index (κ3) is 4.63. The van der Waals surface area contributed by atoms with Crippen molar-refractivity contribution in [2.24, 2.45) is 0 Å². The lowest BCUT2D eigenvalue weighted by Gasteiger charge is -2.27. The number of anilines is 1. The first kappa shape index (κ1) is 21.5. The predicted octanol–water partition coefficient (Wildman–Crippen LogP) is 2.20. The van der Waals surface area contributed by atoms with Crippen LogP contribution in [0.15, 0.2) is 53.4 Å². The van der Waals surface area contributed by atoms with E-state index in [4.69, 9.17) is 4.74 Å². The summed E-state index contributed by atoms with van der Waals surface area (Å²) < 4.78 is 32.1. The highest BCUT2D eigenvalue weighted by Crippen LogP contribution is 2.22. The molecule has 0 saturated carbocycles. The Balaban J connectivity index is 1.49. The Labute approximate surface area is 181 Å². The number of carbonyl (C=O) groups is 2. The first-order valence-electron chi connectivity index (χ1n) is 10.3. The molecule has 0 aliphatic carbocycles. The zero-order valence-corrected chi connectivity index (χ0v) is 17.9. The predicted molar refractivity (Wildman–Crippen MR) is 116 cm³/mol. The van der Waals surface area contributed by atoms with Crippen molar-refractivity contribution in [3.63, 3.8) is 0 Å². The van der Waals surface area contributed by atoms with Crippen LogP contribution in [0.4, 0.5) is 5.69 Å².